The summed E-state index contributed by atoms with van der Waals surface area (Å²) in [6, 6.07) is 3.77. The van der Waals surface area contributed by atoms with Gasteiger partial charge >= 0.3 is 0 Å². The van der Waals surface area contributed by atoms with Gasteiger partial charge in [-0.05, 0) is 25.0 Å². The zero-order chi connectivity index (χ0) is 9.26. The number of hydrogen-bond acceptors (Lipinski definition) is 2. The molecule has 1 aromatic heterocycles. The maximum Gasteiger partial charge on any atom is 0.272 e. The van der Waals surface area contributed by atoms with E-state index in [1.165, 1.54) is 0 Å². The van der Waals surface area contributed by atoms with Crippen molar-refractivity contribution >= 4 is 5.91 Å². The average molecular weight is 176 g/mol. The second-order valence-corrected chi connectivity index (χ2v) is 3.31. The van der Waals surface area contributed by atoms with Gasteiger partial charge in [0.05, 0.1) is 0 Å². The van der Waals surface area contributed by atoms with Crippen molar-refractivity contribution in [2.24, 2.45) is 0 Å². The average Bonchev–Trinajstić information content (AvgIpc) is 2.01. The van der Waals surface area contributed by atoms with Gasteiger partial charge in [-0.15, -0.1) is 0 Å². The minimum absolute atomic E-state index is 0.0735. The van der Waals surface area contributed by atoms with Crippen LogP contribution in [-0.4, -0.2) is 28.9 Å². The van der Waals surface area contributed by atoms with Crippen LogP contribution in [0.25, 0.3) is 0 Å². The van der Waals surface area contributed by atoms with Crippen LogP contribution in [0.5, 0.6) is 0 Å². The molecule has 2 heterocycles. The molecule has 0 aromatic carbocycles. The minimum Gasteiger partial charge on any atom is -0.337 e. The predicted molar refractivity (Wildman–Crippen MR) is 49.5 cm³/mol. The Balaban J connectivity index is 2.24. The molecule has 1 saturated heterocycles. The summed E-state index contributed by atoms with van der Waals surface area (Å²) in [5.74, 6) is 0.0735. The van der Waals surface area contributed by atoms with Gasteiger partial charge in [0.25, 0.3) is 5.91 Å². The Labute approximate surface area is 77.4 Å². The van der Waals surface area contributed by atoms with E-state index in [0.29, 0.717) is 5.69 Å². The first-order valence-electron chi connectivity index (χ1n) is 4.50. The van der Waals surface area contributed by atoms with E-state index in [2.05, 4.69) is 4.98 Å². The van der Waals surface area contributed by atoms with Crippen LogP contribution < -0.4 is 0 Å². The minimum atomic E-state index is 0.0735. The third kappa shape index (κ3) is 1.41. The van der Waals surface area contributed by atoms with Gasteiger partial charge in [-0.1, -0.05) is 6.07 Å². The molecule has 1 aliphatic rings. The van der Waals surface area contributed by atoms with Crippen molar-refractivity contribution in [3.63, 3.8) is 0 Å². The molecule has 0 aliphatic carbocycles. The van der Waals surface area contributed by atoms with E-state index in [9.17, 15) is 4.79 Å². The van der Waals surface area contributed by atoms with Crippen LogP contribution in [0.4, 0.5) is 0 Å². The van der Waals surface area contributed by atoms with Crippen molar-refractivity contribution in [1.29, 1.82) is 0 Å². The summed E-state index contributed by atoms with van der Waals surface area (Å²) < 4.78 is 0. The highest BCUT2D eigenvalue weighted by Gasteiger charge is 2.23. The standard InChI is InChI=1S/C10H12N2O/c1-8-4-2-5-11-9(8)10(13)12-6-3-7-12/h2,4-5H,3,6-7H2,1H3. The first-order valence-corrected chi connectivity index (χ1v) is 4.50. The van der Waals surface area contributed by atoms with Crippen molar-refractivity contribution in [1.82, 2.24) is 9.88 Å². The molecule has 0 atom stereocenters. The van der Waals surface area contributed by atoms with E-state index in [1.54, 1.807) is 6.20 Å². The Morgan fingerprint density at radius 2 is 2.31 bits per heavy atom. The number of amides is 1. The SMILES string of the molecule is Cc1cccnc1C(=O)N1CCC1. The van der Waals surface area contributed by atoms with E-state index in [0.717, 1.165) is 25.1 Å². The van der Waals surface area contributed by atoms with Gasteiger partial charge < -0.3 is 4.90 Å². The predicted octanol–water partition coefficient (Wildman–Crippen LogP) is 1.24. The highest BCUT2D eigenvalue weighted by molar-refractivity contribution is 5.94. The van der Waals surface area contributed by atoms with Gasteiger partial charge in [0.2, 0.25) is 0 Å². The lowest BCUT2D eigenvalue weighted by molar-refractivity contribution is 0.0645. The third-order valence-corrected chi connectivity index (χ3v) is 2.36. The molecule has 0 bridgehead atoms. The molecule has 13 heavy (non-hydrogen) atoms. The van der Waals surface area contributed by atoms with Crippen molar-refractivity contribution in [2.75, 3.05) is 13.1 Å². The topological polar surface area (TPSA) is 33.2 Å². The van der Waals surface area contributed by atoms with Crippen molar-refractivity contribution < 1.29 is 4.79 Å². The quantitative estimate of drug-likeness (QED) is 0.645. The molecule has 1 fully saturated rings. The van der Waals surface area contributed by atoms with E-state index < -0.39 is 0 Å². The van der Waals surface area contributed by atoms with Crippen LogP contribution >= 0.6 is 0 Å². The number of hydrogen-bond donors (Lipinski definition) is 0. The summed E-state index contributed by atoms with van der Waals surface area (Å²) in [7, 11) is 0. The Morgan fingerprint density at radius 3 is 2.85 bits per heavy atom. The smallest absolute Gasteiger partial charge is 0.272 e. The fourth-order valence-electron chi connectivity index (χ4n) is 1.38. The Bertz CT molecular complexity index is 331. The summed E-state index contributed by atoms with van der Waals surface area (Å²) in [6.07, 6.45) is 2.79. The normalized spacial score (nSPS) is 15.3. The first kappa shape index (κ1) is 8.23. The Morgan fingerprint density at radius 1 is 1.54 bits per heavy atom. The van der Waals surface area contributed by atoms with Crippen LogP contribution in [0.15, 0.2) is 18.3 Å². The summed E-state index contributed by atoms with van der Waals surface area (Å²) >= 11 is 0. The zero-order valence-corrected chi connectivity index (χ0v) is 7.66. The number of aromatic nitrogens is 1. The number of pyridine rings is 1. The molecule has 0 saturated carbocycles. The number of aryl methyl sites for hydroxylation is 1. The highest BCUT2D eigenvalue weighted by atomic mass is 16.2. The van der Waals surface area contributed by atoms with Crippen LogP contribution in [0, 0.1) is 6.92 Å². The molecule has 0 spiro atoms. The van der Waals surface area contributed by atoms with Crippen molar-refractivity contribution in [2.45, 2.75) is 13.3 Å². The summed E-state index contributed by atoms with van der Waals surface area (Å²) in [5, 5.41) is 0. The molecule has 3 nitrogen and oxygen atoms in total. The summed E-state index contributed by atoms with van der Waals surface area (Å²) in [5.41, 5.74) is 1.56. The second-order valence-electron chi connectivity index (χ2n) is 3.31. The number of likely N-dealkylation sites (tertiary alicyclic amines) is 1. The van der Waals surface area contributed by atoms with Crippen LogP contribution in [-0.2, 0) is 0 Å². The van der Waals surface area contributed by atoms with Gasteiger partial charge in [-0.2, -0.15) is 0 Å². The molecule has 1 aromatic rings. The summed E-state index contributed by atoms with van der Waals surface area (Å²) in [4.78, 5) is 17.6. The van der Waals surface area contributed by atoms with E-state index in [-0.39, 0.29) is 5.91 Å². The molecular weight excluding hydrogens is 164 g/mol. The highest BCUT2D eigenvalue weighted by Crippen LogP contribution is 2.13. The molecule has 0 unspecified atom stereocenters. The molecule has 2 rings (SSSR count). The third-order valence-electron chi connectivity index (χ3n) is 2.36. The van der Waals surface area contributed by atoms with E-state index in [1.807, 2.05) is 24.0 Å². The largest absolute Gasteiger partial charge is 0.337 e. The van der Waals surface area contributed by atoms with E-state index >= 15 is 0 Å². The van der Waals surface area contributed by atoms with Gasteiger partial charge in [0.1, 0.15) is 5.69 Å². The first-order chi connectivity index (χ1) is 6.29. The maximum atomic E-state index is 11.7. The molecule has 68 valence electrons. The lowest BCUT2D eigenvalue weighted by Crippen LogP contribution is -2.42. The molecule has 0 radical (unpaired) electrons. The van der Waals surface area contributed by atoms with Crippen LogP contribution in [0.3, 0.4) is 0 Å². The lowest BCUT2D eigenvalue weighted by atomic mass is 10.1. The fraction of sp³-hybridized carbons (Fsp3) is 0.400. The number of carbonyl (C=O) groups excluding carboxylic acids is 1. The molecule has 3 heteroatoms. The van der Waals surface area contributed by atoms with Gasteiger partial charge in [-0.25, -0.2) is 0 Å². The van der Waals surface area contributed by atoms with Crippen molar-refractivity contribution in [3.8, 4) is 0 Å². The van der Waals surface area contributed by atoms with Gasteiger partial charge in [0.15, 0.2) is 0 Å². The number of rotatable bonds is 1. The monoisotopic (exact) mass is 176 g/mol. The van der Waals surface area contributed by atoms with Gasteiger partial charge in [-0.3, -0.25) is 9.78 Å². The maximum absolute atomic E-state index is 11.7. The second kappa shape index (κ2) is 3.17. The number of carbonyl (C=O) groups is 1. The van der Waals surface area contributed by atoms with Crippen molar-refractivity contribution in [3.05, 3.63) is 29.6 Å². The lowest BCUT2D eigenvalue weighted by Gasteiger charge is -2.30. The summed E-state index contributed by atoms with van der Waals surface area (Å²) in [6.45, 7) is 3.68. The Hall–Kier alpha value is -1.38. The van der Waals surface area contributed by atoms with Crippen LogP contribution in [0.1, 0.15) is 22.5 Å². The molecule has 1 aliphatic heterocycles. The zero-order valence-electron chi connectivity index (χ0n) is 7.66. The number of nitrogens with zero attached hydrogens (tertiary/aromatic N) is 2. The molecular formula is C10H12N2O. The van der Waals surface area contributed by atoms with E-state index in [4.69, 9.17) is 0 Å². The van der Waals surface area contributed by atoms with Gasteiger partial charge in [0, 0.05) is 19.3 Å². The Kier molecular flexibility index (Phi) is 2.00. The fourth-order valence-corrected chi connectivity index (χ4v) is 1.38. The van der Waals surface area contributed by atoms with Crippen LogP contribution in [0.2, 0.25) is 0 Å². The molecule has 0 N–H and O–H groups in total. The molecule has 1 amide bonds.